The minimum absolute atomic E-state index is 0.0181. The standard InChI is InChI=1S/C16H13N3O7S/c1-17(2)11-5-8-13-14(9-11)16(21)18(15(13)20)26-27(24,25)12-6-3-10(4-7-12)19(22)23/h3-9H,1-2H3. The molecule has 0 saturated carbocycles. The highest BCUT2D eigenvalue weighted by molar-refractivity contribution is 7.86. The van der Waals surface area contributed by atoms with Crippen LogP contribution in [0.4, 0.5) is 11.4 Å². The third-order valence-corrected chi connectivity index (χ3v) is 5.05. The van der Waals surface area contributed by atoms with Crippen LogP contribution in [0.5, 0.6) is 0 Å². The molecular weight excluding hydrogens is 378 g/mol. The zero-order valence-electron chi connectivity index (χ0n) is 14.1. The predicted octanol–water partition coefficient (Wildman–Crippen LogP) is 1.58. The molecular formula is C16H13N3O7S. The summed E-state index contributed by atoms with van der Waals surface area (Å²) in [7, 11) is -1.05. The molecule has 2 amide bonds. The highest BCUT2D eigenvalue weighted by atomic mass is 32.2. The van der Waals surface area contributed by atoms with Crippen molar-refractivity contribution in [2.24, 2.45) is 0 Å². The summed E-state index contributed by atoms with van der Waals surface area (Å²) in [6.07, 6.45) is 0. The Morgan fingerprint density at radius 2 is 1.59 bits per heavy atom. The first-order valence-electron chi connectivity index (χ1n) is 7.51. The van der Waals surface area contributed by atoms with Gasteiger partial charge in [-0.05, 0) is 30.3 Å². The predicted molar refractivity (Wildman–Crippen MR) is 92.6 cm³/mol. The molecule has 0 radical (unpaired) electrons. The van der Waals surface area contributed by atoms with Crippen LogP contribution >= 0.6 is 0 Å². The zero-order valence-corrected chi connectivity index (χ0v) is 15.0. The highest BCUT2D eigenvalue weighted by Crippen LogP contribution is 2.29. The molecule has 2 aromatic rings. The van der Waals surface area contributed by atoms with E-state index in [1.54, 1.807) is 25.1 Å². The molecule has 0 atom stereocenters. The van der Waals surface area contributed by atoms with Gasteiger partial charge in [-0.1, -0.05) is 0 Å². The number of hydroxylamine groups is 2. The van der Waals surface area contributed by atoms with Gasteiger partial charge in [0.15, 0.2) is 0 Å². The number of nitro benzene ring substituents is 1. The number of rotatable bonds is 5. The second-order valence-corrected chi connectivity index (χ2v) is 7.34. The van der Waals surface area contributed by atoms with Crippen LogP contribution in [0.15, 0.2) is 47.4 Å². The van der Waals surface area contributed by atoms with E-state index in [4.69, 9.17) is 4.28 Å². The van der Waals surface area contributed by atoms with Crippen LogP contribution in [0.1, 0.15) is 20.7 Å². The Kier molecular flexibility index (Phi) is 4.41. The molecule has 1 aliphatic rings. The van der Waals surface area contributed by atoms with Crippen molar-refractivity contribution in [3.8, 4) is 0 Å². The van der Waals surface area contributed by atoms with E-state index in [1.807, 2.05) is 0 Å². The van der Waals surface area contributed by atoms with E-state index in [0.717, 1.165) is 24.3 Å². The first-order chi connectivity index (χ1) is 12.6. The number of nitrogens with zero attached hydrogens (tertiary/aromatic N) is 3. The Bertz CT molecular complexity index is 1060. The Balaban J connectivity index is 1.90. The van der Waals surface area contributed by atoms with Crippen LogP contribution in [0, 0.1) is 10.1 Å². The van der Waals surface area contributed by atoms with Crippen molar-refractivity contribution in [1.29, 1.82) is 0 Å². The average Bonchev–Trinajstić information content (AvgIpc) is 2.86. The van der Waals surface area contributed by atoms with Gasteiger partial charge in [0.1, 0.15) is 0 Å². The molecule has 0 fully saturated rings. The number of fused-ring (bicyclic) bond motifs is 1. The lowest BCUT2D eigenvalue weighted by Crippen LogP contribution is -2.32. The number of nitro groups is 1. The second kappa shape index (κ2) is 6.45. The SMILES string of the molecule is CN(C)c1ccc2c(c1)C(=O)N(OS(=O)(=O)c1ccc([N+](=O)[O-])cc1)C2=O. The van der Waals surface area contributed by atoms with Gasteiger partial charge in [0.25, 0.3) is 17.5 Å². The number of carbonyl (C=O) groups excluding carboxylic acids is 2. The lowest BCUT2D eigenvalue weighted by Gasteiger charge is -2.13. The Morgan fingerprint density at radius 1 is 1.00 bits per heavy atom. The molecule has 0 spiro atoms. The van der Waals surface area contributed by atoms with Gasteiger partial charge in [0.05, 0.1) is 20.9 Å². The topological polar surface area (TPSA) is 127 Å². The number of imide groups is 1. The van der Waals surface area contributed by atoms with E-state index in [0.29, 0.717) is 5.69 Å². The van der Waals surface area contributed by atoms with E-state index in [1.165, 1.54) is 12.1 Å². The summed E-state index contributed by atoms with van der Waals surface area (Å²) in [5.74, 6) is -1.82. The molecule has 0 aliphatic carbocycles. The number of non-ortho nitro benzene ring substituents is 1. The molecule has 140 valence electrons. The molecule has 3 rings (SSSR count). The van der Waals surface area contributed by atoms with E-state index in [9.17, 15) is 28.1 Å². The summed E-state index contributed by atoms with van der Waals surface area (Å²) in [5, 5.41) is 10.8. The largest absolute Gasteiger partial charge is 0.378 e. The molecule has 2 aromatic carbocycles. The van der Waals surface area contributed by atoms with Crippen LogP contribution in [-0.2, 0) is 14.4 Å². The van der Waals surface area contributed by atoms with Crippen molar-refractivity contribution >= 4 is 33.3 Å². The van der Waals surface area contributed by atoms with Gasteiger partial charge in [-0.15, -0.1) is 9.35 Å². The molecule has 1 heterocycles. The first-order valence-corrected chi connectivity index (χ1v) is 8.92. The van der Waals surface area contributed by atoms with Gasteiger partial charge in [-0.25, -0.2) is 0 Å². The van der Waals surface area contributed by atoms with Crippen LogP contribution < -0.4 is 4.90 Å². The van der Waals surface area contributed by atoms with Gasteiger partial charge in [-0.3, -0.25) is 19.7 Å². The monoisotopic (exact) mass is 391 g/mol. The first kappa shape index (κ1) is 18.5. The lowest BCUT2D eigenvalue weighted by atomic mass is 10.1. The molecule has 1 aliphatic heterocycles. The molecule has 0 bridgehead atoms. The van der Waals surface area contributed by atoms with E-state index >= 15 is 0 Å². The van der Waals surface area contributed by atoms with Crippen LogP contribution in [-0.4, -0.2) is 44.3 Å². The van der Waals surface area contributed by atoms with Crippen LogP contribution in [0.25, 0.3) is 0 Å². The van der Waals surface area contributed by atoms with Gasteiger partial charge in [-0.2, -0.15) is 8.42 Å². The smallest absolute Gasteiger partial charge is 0.318 e. The fraction of sp³-hybridized carbons (Fsp3) is 0.125. The third kappa shape index (κ3) is 3.25. The quantitative estimate of drug-likeness (QED) is 0.427. The van der Waals surface area contributed by atoms with E-state index < -0.39 is 31.8 Å². The third-order valence-electron chi connectivity index (χ3n) is 3.86. The highest BCUT2D eigenvalue weighted by Gasteiger charge is 2.40. The maximum atomic E-state index is 12.4. The van der Waals surface area contributed by atoms with Crippen molar-refractivity contribution in [2.75, 3.05) is 19.0 Å². The zero-order chi connectivity index (χ0) is 19.9. The van der Waals surface area contributed by atoms with Crippen molar-refractivity contribution in [1.82, 2.24) is 5.06 Å². The molecule has 0 saturated heterocycles. The van der Waals surface area contributed by atoms with Crippen molar-refractivity contribution in [3.05, 3.63) is 63.7 Å². The summed E-state index contributed by atoms with van der Waals surface area (Å²) in [4.78, 5) is 36.0. The van der Waals surface area contributed by atoms with Gasteiger partial charge in [0, 0.05) is 31.9 Å². The number of carbonyl (C=O) groups is 2. The summed E-state index contributed by atoms with van der Waals surface area (Å²) in [5.41, 5.74) is 0.371. The Labute approximate surface area is 153 Å². The van der Waals surface area contributed by atoms with Crippen molar-refractivity contribution < 1.29 is 27.2 Å². The minimum atomic E-state index is -4.54. The molecule has 0 aromatic heterocycles. The number of hydrogen-bond donors (Lipinski definition) is 0. The number of anilines is 1. The van der Waals surface area contributed by atoms with Gasteiger partial charge in [0.2, 0.25) is 0 Å². The Hall–Kier alpha value is -3.31. The summed E-state index contributed by atoms with van der Waals surface area (Å²) in [6, 6.07) is 8.33. The molecule has 0 unspecified atom stereocenters. The summed E-state index contributed by atoms with van der Waals surface area (Å²) in [6.45, 7) is 0. The number of benzene rings is 2. The molecule has 10 nitrogen and oxygen atoms in total. The fourth-order valence-corrected chi connectivity index (χ4v) is 3.32. The second-order valence-electron chi connectivity index (χ2n) is 5.81. The van der Waals surface area contributed by atoms with Crippen molar-refractivity contribution in [3.63, 3.8) is 0 Å². The van der Waals surface area contributed by atoms with Crippen molar-refractivity contribution in [2.45, 2.75) is 4.90 Å². The van der Waals surface area contributed by atoms with Gasteiger partial charge >= 0.3 is 10.1 Å². The molecule has 11 heteroatoms. The number of amides is 2. The normalized spacial score (nSPS) is 13.6. The average molecular weight is 391 g/mol. The maximum absolute atomic E-state index is 12.4. The van der Waals surface area contributed by atoms with Crippen LogP contribution in [0.2, 0.25) is 0 Å². The minimum Gasteiger partial charge on any atom is -0.378 e. The lowest BCUT2D eigenvalue weighted by molar-refractivity contribution is -0.384. The number of hydrogen-bond acceptors (Lipinski definition) is 8. The van der Waals surface area contributed by atoms with Gasteiger partial charge < -0.3 is 4.90 Å². The van der Waals surface area contributed by atoms with Crippen LogP contribution in [0.3, 0.4) is 0 Å². The maximum Gasteiger partial charge on any atom is 0.318 e. The Morgan fingerprint density at radius 3 is 2.15 bits per heavy atom. The van der Waals surface area contributed by atoms with E-state index in [2.05, 4.69) is 0 Å². The summed E-state index contributed by atoms with van der Waals surface area (Å²) < 4.78 is 29.4. The fourth-order valence-electron chi connectivity index (χ4n) is 2.43. The molecule has 0 N–H and O–H groups in total. The summed E-state index contributed by atoms with van der Waals surface area (Å²) >= 11 is 0. The van der Waals surface area contributed by atoms with E-state index in [-0.39, 0.29) is 21.9 Å². The molecule has 27 heavy (non-hydrogen) atoms.